The van der Waals surface area contributed by atoms with Crippen LogP contribution in [0.4, 0.5) is 23.7 Å². The van der Waals surface area contributed by atoms with Crippen LogP contribution in [0.5, 0.6) is 0 Å². The van der Waals surface area contributed by atoms with Gasteiger partial charge in [0.2, 0.25) is 0 Å². The van der Waals surface area contributed by atoms with Gasteiger partial charge < -0.3 is 15.0 Å². The second-order valence-electron chi connectivity index (χ2n) is 10.9. The molecule has 2 aliphatic rings. The van der Waals surface area contributed by atoms with Crippen LogP contribution in [0.1, 0.15) is 48.9 Å². The minimum Gasteiger partial charge on any atom is -0.447 e. The second-order valence-corrected chi connectivity index (χ2v) is 12.3. The van der Waals surface area contributed by atoms with Crippen LogP contribution in [0.15, 0.2) is 47.4 Å². The lowest BCUT2D eigenvalue weighted by atomic mass is 9.97. The topological polar surface area (TPSA) is 89.4 Å². The first-order valence-electron chi connectivity index (χ1n) is 13.5. The standard InChI is InChI=1S/C29H27ClF3N5O3S/c1-15(2)25-36-23-10-20(26-34-12-24(42-26)29(31,32)33)22(35-18-7-8-37-19(9-18)14-41-28(37)40)11-21(23)27(39)38(25)13-16-3-5-17(30)6-4-16/h3-6,10-12,15,18-19,35H,7-9,13-14H2,1-2H3/t18-,19-/m0/s1. The highest BCUT2D eigenvalue weighted by molar-refractivity contribution is 7.15. The van der Waals surface area contributed by atoms with E-state index in [0.717, 1.165) is 11.8 Å². The molecule has 220 valence electrons. The third-order valence-corrected chi connectivity index (χ3v) is 8.95. The highest BCUT2D eigenvalue weighted by Gasteiger charge is 2.38. The number of halogens is 4. The monoisotopic (exact) mass is 617 g/mol. The van der Waals surface area contributed by atoms with E-state index in [1.165, 1.54) is 0 Å². The quantitative estimate of drug-likeness (QED) is 0.257. The van der Waals surface area contributed by atoms with Crippen LogP contribution < -0.4 is 10.9 Å². The Morgan fingerprint density at radius 2 is 1.95 bits per heavy atom. The zero-order valence-electron chi connectivity index (χ0n) is 22.7. The number of rotatable bonds is 6. The van der Waals surface area contributed by atoms with E-state index < -0.39 is 11.1 Å². The Balaban J connectivity index is 1.46. The first kappa shape index (κ1) is 28.5. The van der Waals surface area contributed by atoms with Crippen molar-refractivity contribution in [3.63, 3.8) is 0 Å². The van der Waals surface area contributed by atoms with Gasteiger partial charge in [0.25, 0.3) is 5.56 Å². The Hall–Kier alpha value is -3.64. The molecular weight excluding hydrogens is 591 g/mol. The number of thiazole rings is 1. The Kier molecular flexibility index (Phi) is 7.38. The summed E-state index contributed by atoms with van der Waals surface area (Å²) in [5.41, 5.74) is 1.92. The van der Waals surface area contributed by atoms with Crippen LogP contribution in [-0.4, -0.2) is 50.8 Å². The van der Waals surface area contributed by atoms with Crippen LogP contribution in [0.3, 0.4) is 0 Å². The van der Waals surface area contributed by atoms with Gasteiger partial charge in [-0.05, 0) is 42.7 Å². The molecule has 1 amide bonds. The maximum atomic E-state index is 14.0. The fourth-order valence-corrected chi connectivity index (χ4v) is 6.47. The lowest BCUT2D eigenvalue weighted by molar-refractivity contribution is -0.134. The SMILES string of the molecule is CC(C)c1nc2cc(-c3ncc(C(F)(F)F)s3)c(N[C@H]3CCN4C(=O)OC[C@@H]4C3)cc2c(=O)n1Cc1ccc(Cl)cc1. The zero-order chi connectivity index (χ0) is 29.8. The van der Waals surface area contributed by atoms with Crippen LogP contribution >= 0.6 is 22.9 Å². The van der Waals surface area contributed by atoms with Gasteiger partial charge in [0.05, 0.1) is 29.7 Å². The van der Waals surface area contributed by atoms with E-state index in [1.54, 1.807) is 33.7 Å². The van der Waals surface area contributed by atoms with Crippen LogP contribution in [0.25, 0.3) is 21.5 Å². The van der Waals surface area contributed by atoms with Gasteiger partial charge in [0.1, 0.15) is 22.3 Å². The Morgan fingerprint density at radius 3 is 2.64 bits per heavy atom. The number of ether oxygens (including phenoxy) is 1. The largest absolute Gasteiger partial charge is 0.447 e. The maximum absolute atomic E-state index is 14.0. The molecular formula is C29H27ClF3N5O3S. The Labute approximate surface area is 248 Å². The van der Waals surface area contributed by atoms with Gasteiger partial charge in [-0.2, -0.15) is 13.2 Å². The molecule has 0 aliphatic carbocycles. The molecule has 2 aliphatic heterocycles. The number of carbonyl (C=O) groups is 1. The van der Waals surface area contributed by atoms with Gasteiger partial charge in [0, 0.05) is 34.8 Å². The predicted molar refractivity (Wildman–Crippen MR) is 155 cm³/mol. The number of hydrogen-bond acceptors (Lipinski definition) is 7. The molecule has 42 heavy (non-hydrogen) atoms. The van der Waals surface area contributed by atoms with Crippen molar-refractivity contribution < 1.29 is 22.7 Å². The number of hydrogen-bond donors (Lipinski definition) is 1. The summed E-state index contributed by atoms with van der Waals surface area (Å²) in [6, 6.07) is 10.4. The van der Waals surface area contributed by atoms with Crippen molar-refractivity contribution in [1.29, 1.82) is 0 Å². The number of anilines is 1. The van der Waals surface area contributed by atoms with Gasteiger partial charge in [-0.1, -0.05) is 37.6 Å². The molecule has 2 atom stereocenters. The molecule has 1 N–H and O–H groups in total. The van der Waals surface area contributed by atoms with Crippen molar-refractivity contribution in [3.05, 3.63) is 74.2 Å². The summed E-state index contributed by atoms with van der Waals surface area (Å²) in [4.78, 5) is 35.8. The lowest BCUT2D eigenvalue weighted by Crippen LogP contribution is -2.45. The molecule has 0 radical (unpaired) electrons. The van der Waals surface area contributed by atoms with Crippen molar-refractivity contribution in [2.45, 2.75) is 57.4 Å². The molecule has 8 nitrogen and oxygen atoms in total. The molecule has 4 aromatic rings. The van der Waals surface area contributed by atoms with Gasteiger partial charge in [0.15, 0.2) is 0 Å². The molecule has 13 heteroatoms. The molecule has 2 aromatic heterocycles. The van der Waals surface area contributed by atoms with Gasteiger partial charge >= 0.3 is 12.3 Å². The highest BCUT2D eigenvalue weighted by Crippen LogP contribution is 2.40. The summed E-state index contributed by atoms with van der Waals surface area (Å²) >= 11 is 6.59. The lowest BCUT2D eigenvalue weighted by Gasteiger charge is -2.33. The maximum Gasteiger partial charge on any atom is 0.427 e. The van der Waals surface area contributed by atoms with E-state index in [-0.39, 0.29) is 41.2 Å². The smallest absolute Gasteiger partial charge is 0.427 e. The number of nitrogens with one attached hydrogen (secondary N) is 1. The summed E-state index contributed by atoms with van der Waals surface area (Å²) in [5, 5.41) is 4.55. The number of fused-ring (bicyclic) bond motifs is 2. The van der Waals surface area contributed by atoms with Crippen molar-refractivity contribution in [2.24, 2.45) is 0 Å². The molecule has 0 unspecified atom stereocenters. The van der Waals surface area contributed by atoms with E-state index in [9.17, 15) is 22.8 Å². The molecule has 4 heterocycles. The molecule has 0 saturated carbocycles. The normalized spacial score (nSPS) is 18.9. The second kappa shape index (κ2) is 10.9. The number of piperidine rings is 1. The molecule has 0 bridgehead atoms. The third kappa shape index (κ3) is 5.45. The average Bonchev–Trinajstić information content (AvgIpc) is 3.58. The number of amides is 1. The van der Waals surface area contributed by atoms with Crippen molar-refractivity contribution in [3.8, 4) is 10.6 Å². The number of nitrogens with zero attached hydrogens (tertiary/aromatic N) is 4. The number of benzene rings is 2. The van der Waals surface area contributed by atoms with Gasteiger partial charge in [-0.25, -0.2) is 14.8 Å². The average molecular weight is 618 g/mol. The first-order valence-corrected chi connectivity index (χ1v) is 14.7. The molecule has 2 saturated heterocycles. The fraction of sp³-hybridized carbons (Fsp3) is 0.379. The number of alkyl halides is 3. The molecule has 2 fully saturated rings. The Morgan fingerprint density at radius 1 is 1.19 bits per heavy atom. The number of cyclic esters (lactones) is 1. The van der Waals surface area contributed by atoms with E-state index in [4.69, 9.17) is 21.3 Å². The fourth-order valence-electron chi connectivity index (χ4n) is 5.53. The molecule has 2 aromatic carbocycles. The van der Waals surface area contributed by atoms with Gasteiger partial charge in [-0.15, -0.1) is 11.3 Å². The molecule has 6 rings (SSSR count). The van der Waals surface area contributed by atoms with E-state index in [1.807, 2.05) is 26.0 Å². The van der Waals surface area contributed by atoms with Crippen molar-refractivity contribution in [2.75, 3.05) is 18.5 Å². The van der Waals surface area contributed by atoms with E-state index in [0.29, 0.717) is 70.3 Å². The number of carbonyl (C=O) groups excluding carboxylic acids is 1. The van der Waals surface area contributed by atoms with Crippen LogP contribution in [-0.2, 0) is 17.5 Å². The third-order valence-electron chi connectivity index (χ3n) is 7.62. The van der Waals surface area contributed by atoms with Crippen LogP contribution in [0.2, 0.25) is 5.02 Å². The summed E-state index contributed by atoms with van der Waals surface area (Å²) in [6.07, 6.45) is -2.83. The molecule has 0 spiro atoms. The Bertz CT molecular complexity index is 1720. The summed E-state index contributed by atoms with van der Waals surface area (Å²) in [5.74, 6) is 0.455. The van der Waals surface area contributed by atoms with E-state index in [2.05, 4.69) is 10.3 Å². The minimum absolute atomic E-state index is 0.0868. The minimum atomic E-state index is -4.53. The highest BCUT2D eigenvalue weighted by atomic mass is 35.5. The summed E-state index contributed by atoms with van der Waals surface area (Å²) in [7, 11) is 0. The van der Waals surface area contributed by atoms with Crippen molar-refractivity contribution >= 4 is 45.6 Å². The van der Waals surface area contributed by atoms with E-state index >= 15 is 0 Å². The van der Waals surface area contributed by atoms with Crippen molar-refractivity contribution in [1.82, 2.24) is 19.4 Å². The zero-order valence-corrected chi connectivity index (χ0v) is 24.3. The summed E-state index contributed by atoms with van der Waals surface area (Å²) in [6.45, 7) is 4.94. The summed E-state index contributed by atoms with van der Waals surface area (Å²) < 4.78 is 47.3. The first-order chi connectivity index (χ1) is 20.0. The predicted octanol–water partition coefficient (Wildman–Crippen LogP) is 6.76. The van der Waals surface area contributed by atoms with Crippen LogP contribution in [0, 0.1) is 0 Å². The number of aromatic nitrogens is 3. The van der Waals surface area contributed by atoms with Gasteiger partial charge in [-0.3, -0.25) is 9.36 Å².